The first kappa shape index (κ1) is 49.8. The van der Waals surface area contributed by atoms with E-state index in [9.17, 15) is 0 Å². The lowest BCUT2D eigenvalue weighted by Crippen LogP contribution is -3.00. The van der Waals surface area contributed by atoms with Crippen LogP contribution in [0.25, 0.3) is 0 Å². The highest BCUT2D eigenvalue weighted by Crippen LogP contribution is 1.18. The highest BCUT2D eigenvalue weighted by Gasteiger charge is 1.16. The number of hydrogen-bond donors (Lipinski definition) is 3. The van der Waals surface area contributed by atoms with Crippen LogP contribution in [0.15, 0.2) is 0 Å². The second-order valence-electron chi connectivity index (χ2n) is 0.577. The van der Waals surface area contributed by atoms with Crippen molar-refractivity contribution in [2.24, 2.45) is 0 Å². The summed E-state index contributed by atoms with van der Waals surface area (Å²) in [5.41, 5.74) is 0. The van der Waals surface area contributed by atoms with Crippen LogP contribution in [-0.2, 0) is 0 Å². The van der Waals surface area contributed by atoms with E-state index in [2.05, 4.69) is 0 Å². The van der Waals surface area contributed by atoms with Crippen LogP contribution < -0.4 is 41.1 Å². The molecule has 0 saturated heterocycles. The zero-order valence-corrected chi connectivity index (χ0v) is 8.36. The SMILES string of the molecule is CC[O-].CC[O-].[Cl-].[NH4+].[NH4+].[NH4+]. The van der Waals surface area contributed by atoms with Gasteiger partial charge in [0.05, 0.1) is 0 Å². The van der Waals surface area contributed by atoms with Gasteiger partial charge in [0.2, 0.25) is 0 Å². The predicted molar refractivity (Wildman–Crippen MR) is 39.0 cm³/mol. The van der Waals surface area contributed by atoms with Gasteiger partial charge in [-0.2, -0.15) is 0 Å². The first-order valence-corrected chi connectivity index (χ1v) is 1.99. The standard InChI is InChI=1S/2C2H5O.ClH.3H3N/c2*1-2-3;;;;/h2*2H2,1H3;1H;3*1H3/q2*-1;;;;/p+2. The molecule has 0 aromatic carbocycles. The Balaban J connectivity index is -0.00000000571. The molecule has 0 radical (unpaired) electrons. The van der Waals surface area contributed by atoms with Crippen LogP contribution in [0.3, 0.4) is 0 Å². The first-order valence-electron chi connectivity index (χ1n) is 1.99. The Kier molecular flexibility index (Phi) is 679. The molecule has 0 unspecified atom stereocenters. The maximum atomic E-state index is 8.93. The van der Waals surface area contributed by atoms with E-state index in [0.29, 0.717) is 0 Å². The van der Waals surface area contributed by atoms with Crippen molar-refractivity contribution < 1.29 is 22.6 Å². The quantitative estimate of drug-likeness (QED) is 0.360. The van der Waals surface area contributed by atoms with Gasteiger partial charge in [0.1, 0.15) is 0 Å². The van der Waals surface area contributed by atoms with Crippen molar-refractivity contribution in [2.45, 2.75) is 13.8 Å². The van der Waals surface area contributed by atoms with Gasteiger partial charge in [-0.3, -0.25) is 0 Å². The van der Waals surface area contributed by atoms with Crippen LogP contribution in [-0.4, -0.2) is 13.2 Å². The molecular formula is C4H22ClN3O2. The van der Waals surface area contributed by atoms with E-state index in [-0.39, 0.29) is 44.1 Å². The third kappa shape index (κ3) is 50200. The molecule has 0 amide bonds. The third-order valence-electron chi connectivity index (χ3n) is 0. The summed E-state index contributed by atoms with van der Waals surface area (Å²) in [6.07, 6.45) is 0. The average molecular weight is 180 g/mol. The molecule has 0 heterocycles. The molecule has 12 N–H and O–H groups in total. The number of halogens is 1. The molecule has 6 heteroatoms. The molecule has 0 fully saturated rings. The monoisotopic (exact) mass is 179 g/mol. The minimum atomic E-state index is 0. The van der Waals surface area contributed by atoms with Crippen molar-refractivity contribution in [3.05, 3.63) is 0 Å². The average Bonchev–Trinajstić information content (AvgIpc) is 1.39. The van der Waals surface area contributed by atoms with Crippen LogP contribution in [0.4, 0.5) is 0 Å². The molecule has 0 aromatic heterocycles. The molecular weight excluding hydrogens is 158 g/mol. The van der Waals surface area contributed by atoms with E-state index in [1.807, 2.05) is 0 Å². The summed E-state index contributed by atoms with van der Waals surface area (Å²) in [6.45, 7) is 3.14. The highest BCUT2D eigenvalue weighted by atomic mass is 35.5. The molecule has 0 spiro atoms. The van der Waals surface area contributed by atoms with Gasteiger partial charge in [-0.05, 0) is 0 Å². The van der Waals surface area contributed by atoms with Crippen molar-refractivity contribution >= 4 is 0 Å². The predicted octanol–water partition coefficient (Wildman–Crippen LogP) is -3.13. The Morgan fingerprint density at radius 2 is 0.800 bits per heavy atom. The Morgan fingerprint density at radius 3 is 0.800 bits per heavy atom. The minimum Gasteiger partial charge on any atom is -1.00 e. The molecule has 0 rings (SSSR count). The lowest BCUT2D eigenvalue weighted by Gasteiger charge is -1.79. The molecule has 0 aliphatic carbocycles. The van der Waals surface area contributed by atoms with Crippen molar-refractivity contribution in [3.63, 3.8) is 0 Å². The topological polar surface area (TPSA) is 156 Å². The fourth-order valence-corrected chi connectivity index (χ4v) is 0. The van der Waals surface area contributed by atoms with Crippen molar-refractivity contribution in [2.75, 3.05) is 13.2 Å². The number of quaternary nitrogens is 3. The van der Waals surface area contributed by atoms with Crippen LogP contribution in [0, 0.1) is 0 Å². The summed E-state index contributed by atoms with van der Waals surface area (Å²) in [6, 6.07) is 0. The van der Waals surface area contributed by atoms with E-state index in [1.165, 1.54) is 0 Å². The van der Waals surface area contributed by atoms with Crippen molar-refractivity contribution in [3.8, 4) is 0 Å². The van der Waals surface area contributed by atoms with E-state index in [0.717, 1.165) is 0 Å². The van der Waals surface area contributed by atoms with Gasteiger partial charge in [0.15, 0.2) is 0 Å². The first-order chi connectivity index (χ1) is 2.83. The van der Waals surface area contributed by atoms with Crippen LogP contribution in [0.5, 0.6) is 0 Å². The van der Waals surface area contributed by atoms with Crippen LogP contribution >= 0.6 is 0 Å². The molecule has 5 nitrogen and oxygen atoms in total. The van der Waals surface area contributed by atoms with E-state index in [4.69, 9.17) is 10.2 Å². The van der Waals surface area contributed by atoms with Gasteiger partial charge < -0.3 is 41.1 Å². The Hall–Kier alpha value is 0.0900. The maximum Gasteiger partial charge on any atom is -0.0809 e. The molecule has 0 aromatic rings. The lowest BCUT2D eigenvalue weighted by molar-refractivity contribution is -0.362. The number of rotatable bonds is 0. The molecule has 72 valence electrons. The summed E-state index contributed by atoms with van der Waals surface area (Å²) in [5.74, 6) is 0. The molecule has 0 aliphatic heterocycles. The summed E-state index contributed by atoms with van der Waals surface area (Å²) < 4.78 is 0. The van der Waals surface area contributed by atoms with Gasteiger partial charge in [0.25, 0.3) is 0 Å². The summed E-state index contributed by atoms with van der Waals surface area (Å²) in [7, 11) is 0. The van der Waals surface area contributed by atoms with E-state index >= 15 is 0 Å². The zero-order valence-electron chi connectivity index (χ0n) is 7.61. The van der Waals surface area contributed by atoms with Gasteiger partial charge in [-0.15, -0.1) is 13.2 Å². The Labute approximate surface area is 69.0 Å². The second kappa shape index (κ2) is 136. The molecule has 0 atom stereocenters. The lowest BCUT2D eigenvalue weighted by atomic mass is 10.9. The Morgan fingerprint density at radius 1 is 0.800 bits per heavy atom. The summed E-state index contributed by atoms with van der Waals surface area (Å²) in [5, 5.41) is 17.9. The van der Waals surface area contributed by atoms with Crippen molar-refractivity contribution in [1.82, 2.24) is 18.5 Å². The van der Waals surface area contributed by atoms with Crippen LogP contribution in [0.1, 0.15) is 13.8 Å². The third-order valence-corrected chi connectivity index (χ3v) is 0. The van der Waals surface area contributed by atoms with Gasteiger partial charge in [0, 0.05) is 0 Å². The van der Waals surface area contributed by atoms with E-state index < -0.39 is 0 Å². The highest BCUT2D eigenvalue weighted by molar-refractivity contribution is 3.80. The molecule has 0 bridgehead atoms. The fourth-order valence-electron chi connectivity index (χ4n) is 0. The maximum absolute atomic E-state index is 8.93. The smallest absolute Gasteiger partial charge is 0.0809 e. The molecule has 0 aliphatic rings. The van der Waals surface area contributed by atoms with Gasteiger partial charge >= 0.3 is 0 Å². The normalized spacial score (nSPS) is 3.60. The zero-order chi connectivity index (χ0) is 5.41. The Bertz CT molecular complexity index is 20.5. The summed E-state index contributed by atoms with van der Waals surface area (Å²) in [4.78, 5) is 0. The van der Waals surface area contributed by atoms with Gasteiger partial charge in [-0.25, -0.2) is 0 Å². The summed E-state index contributed by atoms with van der Waals surface area (Å²) >= 11 is 0. The molecule has 10 heavy (non-hydrogen) atoms. The largest absolute Gasteiger partial charge is 1.00 e. The fraction of sp³-hybridized carbons (Fsp3) is 1.00. The van der Waals surface area contributed by atoms with Crippen LogP contribution in [0.2, 0.25) is 0 Å². The minimum absolute atomic E-state index is 0. The second-order valence-corrected chi connectivity index (χ2v) is 0.577. The van der Waals surface area contributed by atoms with Gasteiger partial charge in [-0.1, -0.05) is 13.8 Å². The number of hydrogen-bond acceptors (Lipinski definition) is 2. The molecule has 0 saturated carbocycles. The van der Waals surface area contributed by atoms with Crippen molar-refractivity contribution in [1.29, 1.82) is 0 Å². The van der Waals surface area contributed by atoms with E-state index in [1.54, 1.807) is 13.8 Å².